The van der Waals surface area contributed by atoms with E-state index in [0.29, 0.717) is 17.1 Å². The molecular formula is C34H33N3O2. The maximum Gasteiger partial charge on any atom is 0.219 e. The van der Waals surface area contributed by atoms with Crippen molar-refractivity contribution in [2.24, 2.45) is 0 Å². The molecule has 0 atom stereocenters. The number of nitrogens with zero attached hydrogens (tertiary/aromatic N) is 3. The summed E-state index contributed by atoms with van der Waals surface area (Å²) >= 11 is 0. The van der Waals surface area contributed by atoms with Gasteiger partial charge >= 0.3 is 0 Å². The van der Waals surface area contributed by atoms with Crippen LogP contribution < -0.4 is 4.74 Å². The minimum Gasteiger partial charge on any atom is -0.506 e. The summed E-state index contributed by atoms with van der Waals surface area (Å²) in [6.07, 6.45) is 0. The normalized spacial score (nSPS) is 12.5. The van der Waals surface area contributed by atoms with Gasteiger partial charge < -0.3 is 9.84 Å². The number of rotatable bonds is 3. The van der Waals surface area contributed by atoms with Gasteiger partial charge in [-0.1, -0.05) is 77.9 Å². The van der Waals surface area contributed by atoms with Crippen molar-refractivity contribution in [2.75, 3.05) is 0 Å². The summed E-state index contributed by atoms with van der Waals surface area (Å²) in [6.45, 7) is 13.3. The molecule has 0 fully saturated rings. The van der Waals surface area contributed by atoms with Gasteiger partial charge in [0, 0.05) is 45.0 Å². The molecule has 0 saturated heterocycles. The summed E-state index contributed by atoms with van der Waals surface area (Å²) in [5, 5.41) is 13.4. The summed E-state index contributed by atoms with van der Waals surface area (Å²) in [5.74, 6) is 2.16. The molecule has 3 heterocycles. The number of hydrogen-bond donors (Lipinski definition) is 1. The highest BCUT2D eigenvalue weighted by molar-refractivity contribution is 6.09. The standard InChI is InChI=1S/C34H33N3O2/c1-33(2,3)25-17-18-29(34(4,5)6)35-32(25)37-26-12-8-7-11-23(26)24-16-15-22(20-27(24)37)39-30-19-14-21-10-9-13-28(38)31(21)36-30/h7-20,38H,1-6H3. The van der Waals surface area contributed by atoms with Crippen LogP contribution in [0.25, 0.3) is 38.5 Å². The van der Waals surface area contributed by atoms with Gasteiger partial charge in [0.1, 0.15) is 22.8 Å². The predicted molar refractivity (Wildman–Crippen MR) is 159 cm³/mol. The number of fused-ring (bicyclic) bond motifs is 4. The first-order valence-electron chi connectivity index (χ1n) is 13.3. The van der Waals surface area contributed by atoms with E-state index in [4.69, 9.17) is 9.72 Å². The zero-order chi connectivity index (χ0) is 27.5. The second-order valence-corrected chi connectivity index (χ2v) is 12.2. The fraction of sp³-hybridized carbons (Fsp3) is 0.235. The first-order valence-corrected chi connectivity index (χ1v) is 13.3. The van der Waals surface area contributed by atoms with E-state index in [9.17, 15) is 5.11 Å². The van der Waals surface area contributed by atoms with Gasteiger partial charge in [-0.15, -0.1) is 0 Å². The van der Waals surface area contributed by atoms with Gasteiger partial charge in [-0.2, -0.15) is 0 Å². The van der Waals surface area contributed by atoms with Crippen LogP contribution in [0.3, 0.4) is 0 Å². The van der Waals surface area contributed by atoms with E-state index in [0.717, 1.165) is 38.7 Å². The number of pyridine rings is 2. The van der Waals surface area contributed by atoms with Crippen molar-refractivity contribution in [1.29, 1.82) is 0 Å². The molecule has 0 aliphatic rings. The lowest BCUT2D eigenvalue weighted by Crippen LogP contribution is -2.20. The maximum absolute atomic E-state index is 10.3. The molecule has 0 saturated carbocycles. The average molecular weight is 516 g/mol. The van der Waals surface area contributed by atoms with Crippen LogP contribution in [0, 0.1) is 0 Å². The molecule has 3 aromatic heterocycles. The van der Waals surface area contributed by atoms with E-state index < -0.39 is 0 Å². The quantitative estimate of drug-likeness (QED) is 0.256. The van der Waals surface area contributed by atoms with E-state index in [2.05, 4.69) is 99.6 Å². The number of aromatic nitrogens is 3. The second-order valence-electron chi connectivity index (χ2n) is 12.2. The molecule has 6 rings (SSSR count). The minimum absolute atomic E-state index is 0.0918. The Balaban J connectivity index is 1.58. The Hall–Kier alpha value is -4.38. The number of aromatic hydroxyl groups is 1. The van der Waals surface area contributed by atoms with Crippen LogP contribution in [0.5, 0.6) is 17.4 Å². The van der Waals surface area contributed by atoms with E-state index in [1.807, 2.05) is 24.3 Å². The van der Waals surface area contributed by atoms with E-state index in [1.165, 1.54) is 5.56 Å². The maximum atomic E-state index is 10.3. The number of phenols is 1. The van der Waals surface area contributed by atoms with Crippen molar-refractivity contribution < 1.29 is 9.84 Å². The first-order chi connectivity index (χ1) is 18.5. The van der Waals surface area contributed by atoms with Crippen LogP contribution in [-0.4, -0.2) is 19.6 Å². The number of phenolic OH excluding ortho intramolecular Hbond substituents is 1. The zero-order valence-corrected chi connectivity index (χ0v) is 23.3. The highest BCUT2D eigenvalue weighted by Crippen LogP contribution is 2.38. The third kappa shape index (κ3) is 4.38. The summed E-state index contributed by atoms with van der Waals surface area (Å²) in [6, 6.07) is 28.1. The number of hydrogen-bond acceptors (Lipinski definition) is 4. The monoisotopic (exact) mass is 515 g/mol. The van der Waals surface area contributed by atoms with Crippen molar-refractivity contribution in [3.05, 3.63) is 96.2 Å². The Bertz CT molecular complexity index is 1870. The summed E-state index contributed by atoms with van der Waals surface area (Å²) < 4.78 is 8.53. The number of ether oxygens (including phenoxy) is 1. The Morgan fingerprint density at radius 1 is 0.692 bits per heavy atom. The molecule has 0 aliphatic heterocycles. The van der Waals surface area contributed by atoms with Crippen LogP contribution in [0.1, 0.15) is 52.8 Å². The second kappa shape index (κ2) is 8.84. The lowest BCUT2D eigenvalue weighted by molar-refractivity contribution is 0.460. The van der Waals surface area contributed by atoms with Gasteiger partial charge in [-0.3, -0.25) is 4.57 Å². The van der Waals surface area contributed by atoms with Crippen LogP contribution in [0.4, 0.5) is 0 Å². The smallest absolute Gasteiger partial charge is 0.219 e. The fourth-order valence-corrected chi connectivity index (χ4v) is 5.16. The fourth-order valence-electron chi connectivity index (χ4n) is 5.16. The molecular weight excluding hydrogens is 482 g/mol. The number of para-hydroxylation sites is 2. The van der Waals surface area contributed by atoms with Crippen LogP contribution in [0.15, 0.2) is 84.9 Å². The highest BCUT2D eigenvalue weighted by atomic mass is 16.5. The van der Waals surface area contributed by atoms with Crippen LogP contribution in [-0.2, 0) is 10.8 Å². The summed E-state index contributed by atoms with van der Waals surface area (Å²) in [5.41, 5.74) is 4.65. The van der Waals surface area contributed by atoms with E-state index in [1.54, 1.807) is 12.1 Å². The largest absolute Gasteiger partial charge is 0.506 e. The van der Waals surface area contributed by atoms with Crippen molar-refractivity contribution >= 4 is 32.7 Å². The Morgan fingerprint density at radius 2 is 1.46 bits per heavy atom. The predicted octanol–water partition coefficient (Wildman–Crippen LogP) is 8.82. The Labute approximate surface area is 228 Å². The first kappa shape index (κ1) is 24.9. The van der Waals surface area contributed by atoms with Crippen molar-refractivity contribution in [1.82, 2.24) is 14.5 Å². The highest BCUT2D eigenvalue weighted by Gasteiger charge is 2.26. The van der Waals surface area contributed by atoms with Crippen molar-refractivity contribution in [3.63, 3.8) is 0 Å². The average Bonchev–Trinajstić information content (AvgIpc) is 3.21. The van der Waals surface area contributed by atoms with Gasteiger partial charge in [-0.05, 0) is 41.8 Å². The molecule has 3 aromatic carbocycles. The van der Waals surface area contributed by atoms with E-state index >= 15 is 0 Å². The minimum atomic E-state index is -0.110. The molecule has 1 N–H and O–H groups in total. The topological polar surface area (TPSA) is 60.2 Å². The molecule has 0 unspecified atom stereocenters. The van der Waals surface area contributed by atoms with Crippen molar-refractivity contribution in [2.45, 2.75) is 52.4 Å². The van der Waals surface area contributed by atoms with Crippen LogP contribution >= 0.6 is 0 Å². The number of benzene rings is 3. The third-order valence-electron chi connectivity index (χ3n) is 7.20. The lowest BCUT2D eigenvalue weighted by atomic mass is 9.85. The Morgan fingerprint density at radius 3 is 2.23 bits per heavy atom. The van der Waals surface area contributed by atoms with Gasteiger partial charge in [0.25, 0.3) is 0 Å². The summed E-state index contributed by atoms with van der Waals surface area (Å²) in [4.78, 5) is 9.86. The molecule has 5 nitrogen and oxygen atoms in total. The molecule has 6 aromatic rings. The van der Waals surface area contributed by atoms with Gasteiger partial charge in [0.2, 0.25) is 5.88 Å². The SMILES string of the molecule is CC(C)(C)c1ccc(C(C)(C)C)c(-n2c3ccccc3c3ccc(Oc4ccc5cccc(O)c5n4)cc32)n1. The zero-order valence-electron chi connectivity index (χ0n) is 23.3. The van der Waals surface area contributed by atoms with Gasteiger partial charge in [0.15, 0.2) is 0 Å². The molecule has 39 heavy (non-hydrogen) atoms. The molecule has 5 heteroatoms. The van der Waals surface area contributed by atoms with Gasteiger partial charge in [0.05, 0.1) is 11.0 Å². The lowest BCUT2D eigenvalue weighted by Gasteiger charge is -2.26. The Kier molecular flexibility index (Phi) is 5.65. The van der Waals surface area contributed by atoms with Crippen LogP contribution in [0.2, 0.25) is 0 Å². The third-order valence-corrected chi connectivity index (χ3v) is 7.20. The molecule has 0 bridgehead atoms. The summed E-state index contributed by atoms with van der Waals surface area (Å²) in [7, 11) is 0. The molecule has 0 amide bonds. The molecule has 0 spiro atoms. The molecule has 0 radical (unpaired) electrons. The van der Waals surface area contributed by atoms with Gasteiger partial charge in [-0.25, -0.2) is 9.97 Å². The van der Waals surface area contributed by atoms with Crippen molar-refractivity contribution in [3.8, 4) is 23.2 Å². The molecule has 196 valence electrons. The molecule has 0 aliphatic carbocycles. The van der Waals surface area contributed by atoms with E-state index in [-0.39, 0.29) is 16.6 Å².